The summed E-state index contributed by atoms with van der Waals surface area (Å²) in [5, 5.41) is 2.87. The van der Waals surface area contributed by atoms with Gasteiger partial charge in [-0.05, 0) is 190 Å². The van der Waals surface area contributed by atoms with Crippen LogP contribution in [-0.4, -0.2) is 0 Å². The van der Waals surface area contributed by atoms with Gasteiger partial charge in [0.25, 0.3) is 0 Å². The lowest BCUT2D eigenvalue weighted by molar-refractivity contribution is 0.443. The zero-order chi connectivity index (χ0) is 48.1. The van der Waals surface area contributed by atoms with Crippen molar-refractivity contribution in [3.8, 4) is 33.4 Å². The Labute approximate surface area is 429 Å². The van der Waals surface area contributed by atoms with Crippen LogP contribution in [0.4, 0.5) is 34.1 Å². The zero-order valence-electron chi connectivity index (χ0n) is 41.9. The highest BCUT2D eigenvalue weighted by Crippen LogP contribution is 2.49. The van der Waals surface area contributed by atoms with E-state index in [1.165, 1.54) is 191 Å². The Morgan fingerprint density at radius 1 is 0.236 bits per heavy atom. The van der Waals surface area contributed by atoms with Crippen LogP contribution in [0.25, 0.3) is 44.2 Å². The first-order valence-electron chi connectivity index (χ1n) is 27.5. The van der Waals surface area contributed by atoms with Crippen LogP contribution < -0.4 is 9.80 Å². The monoisotopic (exact) mass is 937 g/mol. The molecule has 0 aromatic heterocycles. The third kappa shape index (κ3) is 9.77. The topological polar surface area (TPSA) is 6.48 Å². The molecule has 3 aliphatic carbocycles. The number of anilines is 6. The molecule has 3 saturated carbocycles. The highest BCUT2D eigenvalue weighted by molar-refractivity contribution is 5.98. The molecule has 358 valence electrons. The first-order valence-corrected chi connectivity index (χ1v) is 27.5. The van der Waals surface area contributed by atoms with Gasteiger partial charge in [-0.25, -0.2) is 0 Å². The van der Waals surface area contributed by atoms with Gasteiger partial charge < -0.3 is 9.80 Å². The van der Waals surface area contributed by atoms with Gasteiger partial charge in [0.05, 0.1) is 0 Å². The van der Waals surface area contributed by atoms with Crippen molar-refractivity contribution in [3.63, 3.8) is 0 Å². The van der Waals surface area contributed by atoms with Crippen LogP contribution in [0.5, 0.6) is 0 Å². The van der Waals surface area contributed by atoms with Gasteiger partial charge in [-0.3, -0.25) is 0 Å². The molecule has 2 heteroatoms. The van der Waals surface area contributed by atoms with E-state index in [0.717, 1.165) is 0 Å². The molecule has 0 bridgehead atoms. The van der Waals surface area contributed by atoms with Crippen LogP contribution in [0.2, 0.25) is 0 Å². The van der Waals surface area contributed by atoms with Crippen LogP contribution in [0.1, 0.15) is 131 Å². The summed E-state index contributed by atoms with van der Waals surface area (Å²) < 4.78 is 0. The molecule has 0 heterocycles. The van der Waals surface area contributed by atoms with Gasteiger partial charge in [-0.2, -0.15) is 0 Å². The van der Waals surface area contributed by atoms with Gasteiger partial charge in [-0.15, -0.1) is 0 Å². The Morgan fingerprint density at radius 3 is 0.833 bits per heavy atom. The zero-order valence-corrected chi connectivity index (χ0v) is 41.9. The van der Waals surface area contributed by atoms with E-state index in [0.29, 0.717) is 17.8 Å². The number of rotatable bonds is 12. The summed E-state index contributed by atoms with van der Waals surface area (Å²) in [6.45, 7) is 0. The van der Waals surface area contributed by atoms with Crippen molar-refractivity contribution in [2.45, 2.75) is 114 Å². The van der Waals surface area contributed by atoms with Crippen molar-refractivity contribution in [1.29, 1.82) is 0 Å². The third-order valence-corrected chi connectivity index (χ3v) is 16.6. The van der Waals surface area contributed by atoms with E-state index >= 15 is 0 Å². The first kappa shape index (κ1) is 45.9. The number of hydrogen-bond donors (Lipinski definition) is 0. The van der Waals surface area contributed by atoms with E-state index in [1.54, 1.807) is 0 Å². The number of benzene rings is 9. The summed E-state index contributed by atoms with van der Waals surface area (Å²) in [5.41, 5.74) is 19.3. The lowest BCUT2D eigenvalue weighted by Gasteiger charge is -2.33. The van der Waals surface area contributed by atoms with Crippen molar-refractivity contribution < 1.29 is 0 Å². The predicted octanol–water partition coefficient (Wildman–Crippen LogP) is 20.9. The predicted molar refractivity (Wildman–Crippen MR) is 307 cm³/mol. The molecule has 0 radical (unpaired) electrons. The molecule has 12 rings (SSSR count). The largest absolute Gasteiger partial charge is 0.310 e. The molecule has 3 aliphatic rings. The van der Waals surface area contributed by atoms with Crippen LogP contribution >= 0.6 is 0 Å². The molecule has 9 aromatic rings. The van der Waals surface area contributed by atoms with Crippen LogP contribution in [0.3, 0.4) is 0 Å². The average molecular weight is 937 g/mol. The highest BCUT2D eigenvalue weighted by Gasteiger charge is 2.28. The smallest absolute Gasteiger partial charge is 0.0470 e. The van der Waals surface area contributed by atoms with Gasteiger partial charge in [0.2, 0.25) is 0 Å². The number of fused-ring (bicyclic) bond motifs is 1. The molecule has 0 unspecified atom stereocenters. The normalized spacial score (nSPS) is 15.9. The summed E-state index contributed by atoms with van der Waals surface area (Å²) in [7, 11) is 0. The molecule has 72 heavy (non-hydrogen) atoms. The molecule has 0 saturated heterocycles. The summed E-state index contributed by atoms with van der Waals surface area (Å²) in [6.07, 6.45) is 19.4. The minimum atomic E-state index is 0.492. The maximum atomic E-state index is 2.63. The van der Waals surface area contributed by atoms with Crippen molar-refractivity contribution in [1.82, 2.24) is 0 Å². The molecule has 0 amide bonds. The third-order valence-electron chi connectivity index (χ3n) is 16.6. The molecule has 0 spiro atoms. The summed E-state index contributed by atoms with van der Waals surface area (Å²) in [6, 6.07) is 80.5. The van der Waals surface area contributed by atoms with Gasteiger partial charge in [0.15, 0.2) is 0 Å². The van der Waals surface area contributed by atoms with E-state index in [1.807, 2.05) is 0 Å². The second kappa shape index (κ2) is 21.3. The van der Waals surface area contributed by atoms with Crippen molar-refractivity contribution in [2.75, 3.05) is 9.80 Å². The van der Waals surface area contributed by atoms with Crippen LogP contribution in [-0.2, 0) is 0 Å². The summed E-state index contributed by atoms with van der Waals surface area (Å²) in [5.74, 6) is 1.66. The molecule has 3 fully saturated rings. The molecule has 9 aromatic carbocycles. The molecule has 0 N–H and O–H groups in total. The van der Waals surface area contributed by atoms with Crippen LogP contribution in [0.15, 0.2) is 212 Å². The molecule has 2 nitrogen and oxygen atoms in total. The average Bonchev–Trinajstić information content (AvgIpc) is 3.47. The quantitative estimate of drug-likeness (QED) is 0.120. The Hall–Kier alpha value is -7.16. The number of nitrogens with zero attached hydrogens (tertiary/aromatic N) is 2. The fraction of sp³-hybridized carbons (Fsp3) is 0.257. The fourth-order valence-electron chi connectivity index (χ4n) is 12.8. The van der Waals surface area contributed by atoms with Crippen molar-refractivity contribution >= 4 is 44.9 Å². The van der Waals surface area contributed by atoms with E-state index < -0.39 is 0 Å². The Bertz CT molecular complexity index is 3090. The molecule has 0 atom stereocenters. The number of hydrogen-bond acceptors (Lipinski definition) is 2. The highest BCUT2D eigenvalue weighted by atomic mass is 15.1. The van der Waals surface area contributed by atoms with Gasteiger partial charge in [0.1, 0.15) is 0 Å². The van der Waals surface area contributed by atoms with E-state index in [-0.39, 0.29) is 0 Å². The van der Waals surface area contributed by atoms with Crippen molar-refractivity contribution in [3.05, 3.63) is 229 Å². The van der Waals surface area contributed by atoms with Gasteiger partial charge >= 0.3 is 0 Å². The standard InChI is InChI=1S/C70H68N2/c1-7-19-51(20-8-1)55-31-39-61(40-32-55)71(62-41-33-56(34-42-62)52-21-9-2-10-22-52)65-47-67(59-27-15-5-16-28-59)70-50-66(48-68(69(70)49-65)60-29-17-6-18-30-60)72(63-43-35-57(36-44-63)53-23-11-3-12-24-53)64-45-37-58(38-46-64)54-25-13-4-14-26-54/h1-3,7-12,19-24,31-50,54,59-60H,4-6,13-18,25-30H2. The minimum Gasteiger partial charge on any atom is -0.310 e. The molecule has 0 aliphatic heterocycles. The van der Waals surface area contributed by atoms with E-state index in [9.17, 15) is 0 Å². The maximum Gasteiger partial charge on any atom is 0.0470 e. The SMILES string of the molecule is c1ccc(-c2ccc(N(c3ccc(-c4ccccc4)cc3)c3cc(C4CCCCC4)c4cc(N(c5ccc(-c6ccccc6)cc5)c5ccc(C6CCCCC6)cc5)cc(C5CCCCC5)c4c3)cc2)cc1. The molecular weight excluding hydrogens is 869 g/mol. The Kier molecular flexibility index (Phi) is 13.6. The van der Waals surface area contributed by atoms with Gasteiger partial charge in [0, 0.05) is 34.1 Å². The summed E-state index contributed by atoms with van der Waals surface area (Å²) in [4.78, 5) is 5.13. The van der Waals surface area contributed by atoms with Crippen LogP contribution in [0, 0.1) is 0 Å². The second-order valence-electron chi connectivity index (χ2n) is 21.2. The van der Waals surface area contributed by atoms with E-state index in [4.69, 9.17) is 0 Å². The molecular formula is C70H68N2. The fourth-order valence-corrected chi connectivity index (χ4v) is 12.8. The lowest BCUT2D eigenvalue weighted by Crippen LogP contribution is -2.15. The van der Waals surface area contributed by atoms with Gasteiger partial charge in [-0.1, -0.05) is 197 Å². The van der Waals surface area contributed by atoms with Crippen molar-refractivity contribution in [2.24, 2.45) is 0 Å². The second-order valence-corrected chi connectivity index (χ2v) is 21.2. The minimum absolute atomic E-state index is 0.492. The van der Waals surface area contributed by atoms with E-state index in [2.05, 4.69) is 222 Å². The first-order chi connectivity index (χ1) is 35.7. The Balaban J connectivity index is 1.05. The summed E-state index contributed by atoms with van der Waals surface area (Å²) >= 11 is 0. The Morgan fingerprint density at radius 2 is 0.514 bits per heavy atom. The maximum absolute atomic E-state index is 2.63. The lowest BCUT2D eigenvalue weighted by atomic mass is 9.78.